The number of aliphatic hydroxyl groups is 1. The van der Waals surface area contributed by atoms with Gasteiger partial charge >= 0.3 is 18.2 Å². The minimum atomic E-state index is -5.31. The largest absolute Gasteiger partial charge is 0.466 e. The number of esters is 1. The smallest absolute Gasteiger partial charge is 0.437 e. The molecular formula is C15H16ClF3N2O4. The Morgan fingerprint density at radius 3 is 2.56 bits per heavy atom. The number of rotatable bonds is 3. The quantitative estimate of drug-likeness (QED) is 0.790. The van der Waals surface area contributed by atoms with Crippen molar-refractivity contribution in [2.45, 2.75) is 24.9 Å². The number of alkyl halides is 3. The number of amides is 2. The first kappa shape index (κ1) is 19.3. The number of carbonyl (C=O) groups excluding carboxylic acids is 2. The fraction of sp³-hybridized carbons (Fsp3) is 0.467. The minimum Gasteiger partial charge on any atom is -0.466 e. The van der Waals surface area contributed by atoms with Crippen molar-refractivity contribution < 1.29 is 32.6 Å². The molecule has 0 bridgehead atoms. The van der Waals surface area contributed by atoms with Crippen LogP contribution in [-0.2, 0) is 9.53 Å². The summed E-state index contributed by atoms with van der Waals surface area (Å²) < 4.78 is 45.8. The van der Waals surface area contributed by atoms with Gasteiger partial charge in [-0.05, 0) is 18.6 Å². The number of nitrogens with one attached hydrogen (secondary N) is 1. The number of hydrogen-bond donors (Lipinski definition) is 2. The molecule has 0 saturated carbocycles. The molecule has 0 radical (unpaired) electrons. The van der Waals surface area contributed by atoms with Crippen molar-refractivity contribution in [3.63, 3.8) is 0 Å². The summed E-state index contributed by atoms with van der Waals surface area (Å²) in [7, 11) is 0.748. The molecule has 6 nitrogen and oxygen atoms in total. The summed E-state index contributed by atoms with van der Waals surface area (Å²) in [5.41, 5.74) is -3.70. The van der Waals surface area contributed by atoms with Crippen molar-refractivity contribution in [3.05, 3.63) is 34.9 Å². The maximum atomic E-state index is 13.7. The second-order valence-electron chi connectivity index (χ2n) is 5.46. The van der Waals surface area contributed by atoms with E-state index in [1.54, 1.807) is 0 Å². The molecule has 1 aromatic carbocycles. The van der Waals surface area contributed by atoms with E-state index < -0.39 is 35.9 Å². The number of urea groups is 1. The Labute approximate surface area is 146 Å². The van der Waals surface area contributed by atoms with Crippen molar-refractivity contribution >= 4 is 23.6 Å². The van der Waals surface area contributed by atoms with Crippen LogP contribution >= 0.6 is 11.6 Å². The maximum absolute atomic E-state index is 13.7. The number of hydrogen-bond acceptors (Lipinski definition) is 4. The molecule has 1 saturated heterocycles. The van der Waals surface area contributed by atoms with Crippen LogP contribution in [0.4, 0.5) is 18.0 Å². The van der Waals surface area contributed by atoms with E-state index in [9.17, 15) is 27.9 Å². The predicted octanol–water partition coefficient (Wildman–Crippen LogP) is 2.47. The molecule has 0 aromatic heterocycles. The summed E-state index contributed by atoms with van der Waals surface area (Å²) in [6, 6.07) is 3.06. The van der Waals surface area contributed by atoms with Crippen LogP contribution in [0, 0.1) is 5.92 Å². The highest BCUT2D eigenvalue weighted by Gasteiger charge is 2.70. The van der Waals surface area contributed by atoms with Crippen molar-refractivity contribution in [3.8, 4) is 0 Å². The van der Waals surface area contributed by atoms with Crippen molar-refractivity contribution in [1.82, 2.24) is 10.2 Å². The molecule has 2 amide bonds. The van der Waals surface area contributed by atoms with E-state index in [0.29, 0.717) is 0 Å². The molecule has 1 aliphatic heterocycles. The highest BCUT2D eigenvalue weighted by Crippen LogP contribution is 2.47. The molecule has 1 aromatic rings. The number of ether oxygens (including phenoxy) is 1. The normalized spacial score (nSPS) is 27.0. The summed E-state index contributed by atoms with van der Waals surface area (Å²) in [4.78, 5) is 24.4. The first-order valence-electron chi connectivity index (χ1n) is 7.30. The Morgan fingerprint density at radius 2 is 2.04 bits per heavy atom. The molecule has 10 heteroatoms. The molecule has 1 aliphatic rings. The van der Waals surface area contributed by atoms with Crippen LogP contribution in [0.5, 0.6) is 0 Å². The molecule has 1 heterocycles. The molecule has 1 fully saturated rings. The predicted molar refractivity (Wildman–Crippen MR) is 81.6 cm³/mol. The summed E-state index contributed by atoms with van der Waals surface area (Å²) >= 11 is 6.02. The van der Waals surface area contributed by atoms with Gasteiger partial charge in [-0.25, -0.2) is 4.79 Å². The molecule has 2 rings (SSSR count). The molecule has 0 unspecified atom stereocenters. The van der Waals surface area contributed by atoms with Gasteiger partial charge in [0.2, 0.25) is 0 Å². The number of nitrogens with zero attached hydrogens (tertiary/aromatic N) is 1. The summed E-state index contributed by atoms with van der Waals surface area (Å²) in [5, 5.41) is 12.7. The van der Waals surface area contributed by atoms with Crippen LogP contribution in [0.2, 0.25) is 5.02 Å². The lowest BCUT2D eigenvalue weighted by molar-refractivity contribution is -0.328. The van der Waals surface area contributed by atoms with Gasteiger partial charge in [0.15, 0.2) is 0 Å². The van der Waals surface area contributed by atoms with Gasteiger partial charge < -0.3 is 15.2 Å². The minimum absolute atomic E-state index is 0.0381. The molecule has 0 spiro atoms. The summed E-state index contributed by atoms with van der Waals surface area (Å²) in [6.07, 6.45) is -5.31. The van der Waals surface area contributed by atoms with E-state index >= 15 is 0 Å². The third-order valence-electron chi connectivity index (χ3n) is 4.06. The first-order valence-corrected chi connectivity index (χ1v) is 7.68. The van der Waals surface area contributed by atoms with E-state index in [-0.39, 0.29) is 22.1 Å². The van der Waals surface area contributed by atoms with Gasteiger partial charge in [-0.3, -0.25) is 9.69 Å². The van der Waals surface area contributed by atoms with Crippen LogP contribution < -0.4 is 5.32 Å². The number of halogens is 4. The number of carbonyl (C=O) groups is 2. The molecule has 3 atom stereocenters. The summed E-state index contributed by atoms with van der Waals surface area (Å²) in [5.74, 6) is -3.48. The topological polar surface area (TPSA) is 78.9 Å². The highest BCUT2D eigenvalue weighted by atomic mass is 35.5. The van der Waals surface area contributed by atoms with E-state index in [1.807, 2.05) is 0 Å². The maximum Gasteiger partial charge on any atom is 0.437 e. The Balaban J connectivity index is 2.67. The molecule has 2 N–H and O–H groups in total. The fourth-order valence-electron chi connectivity index (χ4n) is 2.79. The monoisotopic (exact) mass is 380 g/mol. The van der Waals surface area contributed by atoms with Gasteiger partial charge in [0.05, 0.1) is 12.6 Å². The Kier molecular flexibility index (Phi) is 5.19. The van der Waals surface area contributed by atoms with Gasteiger partial charge in [0, 0.05) is 12.1 Å². The second-order valence-corrected chi connectivity index (χ2v) is 5.87. The van der Waals surface area contributed by atoms with E-state index in [4.69, 9.17) is 16.3 Å². The standard InChI is InChI=1S/C15H16ClF3N2O4/c1-3-25-12(22)10-11(8-6-4-5-7-9(8)16)20-13(23)21(2)14(10,24)15(17,18)19/h4-7,10-11,24H,3H2,1-2H3,(H,20,23)/t10-,11-,14-/m0/s1. The van der Waals surface area contributed by atoms with Crippen LogP contribution in [0.3, 0.4) is 0 Å². The average Bonchev–Trinajstić information content (AvgIpc) is 2.51. The van der Waals surface area contributed by atoms with Crippen LogP contribution in [0.1, 0.15) is 18.5 Å². The van der Waals surface area contributed by atoms with Crippen LogP contribution in [0.15, 0.2) is 24.3 Å². The Morgan fingerprint density at radius 1 is 1.44 bits per heavy atom. The average molecular weight is 381 g/mol. The van der Waals surface area contributed by atoms with Gasteiger partial charge in [-0.1, -0.05) is 29.8 Å². The lowest BCUT2D eigenvalue weighted by atomic mass is 9.81. The SMILES string of the molecule is CCOC(=O)[C@@H]1[C@H](c2ccccc2Cl)NC(=O)N(C)[C@@]1(O)C(F)(F)F. The van der Waals surface area contributed by atoms with Gasteiger partial charge in [0.25, 0.3) is 5.72 Å². The third kappa shape index (κ3) is 3.13. The second kappa shape index (κ2) is 6.72. The lowest BCUT2D eigenvalue weighted by Crippen LogP contribution is -2.73. The van der Waals surface area contributed by atoms with Gasteiger partial charge in [-0.15, -0.1) is 0 Å². The van der Waals surface area contributed by atoms with Crippen molar-refractivity contribution in [2.75, 3.05) is 13.7 Å². The van der Waals surface area contributed by atoms with Crippen LogP contribution in [0.25, 0.3) is 0 Å². The lowest BCUT2D eigenvalue weighted by Gasteiger charge is -2.49. The Hall–Kier alpha value is -2.00. The Bertz CT molecular complexity index is 685. The van der Waals surface area contributed by atoms with Crippen molar-refractivity contribution in [2.24, 2.45) is 5.92 Å². The van der Waals surface area contributed by atoms with E-state index in [0.717, 1.165) is 7.05 Å². The highest BCUT2D eigenvalue weighted by molar-refractivity contribution is 6.31. The van der Waals surface area contributed by atoms with E-state index in [1.165, 1.54) is 31.2 Å². The van der Waals surface area contributed by atoms with Gasteiger partial charge in [-0.2, -0.15) is 13.2 Å². The molecular weight excluding hydrogens is 365 g/mol. The zero-order valence-corrected chi connectivity index (χ0v) is 14.1. The molecule has 0 aliphatic carbocycles. The van der Waals surface area contributed by atoms with Crippen LogP contribution in [-0.4, -0.2) is 47.6 Å². The fourth-order valence-corrected chi connectivity index (χ4v) is 3.05. The molecule has 138 valence electrons. The third-order valence-corrected chi connectivity index (χ3v) is 4.40. The van der Waals surface area contributed by atoms with Gasteiger partial charge in [0.1, 0.15) is 5.92 Å². The zero-order chi connectivity index (χ0) is 19.0. The van der Waals surface area contributed by atoms with E-state index in [2.05, 4.69) is 5.32 Å². The summed E-state index contributed by atoms with van der Waals surface area (Å²) in [6.45, 7) is 1.22. The zero-order valence-electron chi connectivity index (χ0n) is 13.3. The first-order chi connectivity index (χ1) is 11.6. The number of benzene rings is 1. The molecule has 25 heavy (non-hydrogen) atoms. The van der Waals surface area contributed by atoms with Crippen molar-refractivity contribution in [1.29, 1.82) is 0 Å².